The maximum Gasteiger partial charge on any atom is 0.162 e. The molecule has 0 saturated heterocycles. The summed E-state index contributed by atoms with van der Waals surface area (Å²) in [7, 11) is 0. The van der Waals surface area contributed by atoms with Crippen molar-refractivity contribution in [2.75, 3.05) is 0 Å². The van der Waals surface area contributed by atoms with Gasteiger partial charge in [0, 0.05) is 11.4 Å². The first-order valence-corrected chi connectivity index (χ1v) is 6.34. The number of hydrogen-bond acceptors (Lipinski definition) is 1. The van der Waals surface area contributed by atoms with Crippen LogP contribution in [0.25, 0.3) is 0 Å². The monoisotopic (exact) mass is 300 g/mol. The van der Waals surface area contributed by atoms with Crippen LogP contribution in [0.3, 0.4) is 0 Å². The van der Waals surface area contributed by atoms with Gasteiger partial charge in [-0.1, -0.05) is 23.7 Å². The second-order valence-electron chi connectivity index (χ2n) is 4.56. The molecule has 0 bridgehead atoms. The number of halogens is 4. The predicted molar refractivity (Wildman–Crippen MR) is 71.2 cm³/mol. The van der Waals surface area contributed by atoms with Crippen LogP contribution in [0.5, 0.6) is 0 Å². The molecule has 0 aliphatic heterocycles. The average Bonchev–Trinajstić information content (AvgIpc) is 2.39. The average molecular weight is 301 g/mol. The molecule has 2 rings (SSSR count). The molecule has 0 aromatic heterocycles. The summed E-state index contributed by atoms with van der Waals surface area (Å²) in [6.45, 7) is 1.53. The Labute approximate surface area is 119 Å². The number of aliphatic hydroxyl groups excluding tert-OH is 1. The van der Waals surface area contributed by atoms with Crippen LogP contribution in [0.2, 0.25) is 5.02 Å². The molecule has 1 N–H and O–H groups in total. The summed E-state index contributed by atoms with van der Waals surface area (Å²) in [5.74, 6) is -2.46. The molecule has 0 aliphatic rings. The summed E-state index contributed by atoms with van der Waals surface area (Å²) < 4.78 is 39.9. The van der Waals surface area contributed by atoms with Crippen molar-refractivity contribution in [3.8, 4) is 0 Å². The molecular formula is C15H12ClF3O. The molecule has 0 saturated carbocycles. The summed E-state index contributed by atoms with van der Waals surface area (Å²) in [6.07, 6.45) is -1.29. The van der Waals surface area contributed by atoms with Gasteiger partial charge in [0.1, 0.15) is 5.82 Å². The first-order chi connectivity index (χ1) is 9.40. The molecule has 1 nitrogen and oxygen atoms in total. The molecule has 1 atom stereocenters. The van der Waals surface area contributed by atoms with Crippen molar-refractivity contribution in [2.24, 2.45) is 0 Å². The molecule has 106 valence electrons. The van der Waals surface area contributed by atoms with E-state index in [4.69, 9.17) is 11.6 Å². The van der Waals surface area contributed by atoms with E-state index >= 15 is 0 Å². The van der Waals surface area contributed by atoms with Gasteiger partial charge in [-0.2, -0.15) is 0 Å². The van der Waals surface area contributed by atoms with Crippen LogP contribution >= 0.6 is 11.6 Å². The summed E-state index contributed by atoms with van der Waals surface area (Å²) in [5, 5.41) is 10.1. The Hall–Kier alpha value is -1.52. The van der Waals surface area contributed by atoms with E-state index in [0.29, 0.717) is 5.56 Å². The van der Waals surface area contributed by atoms with Gasteiger partial charge in [-0.25, -0.2) is 13.2 Å². The van der Waals surface area contributed by atoms with Crippen molar-refractivity contribution in [3.05, 3.63) is 69.5 Å². The van der Waals surface area contributed by atoms with Gasteiger partial charge in [-0.05, 0) is 41.8 Å². The zero-order chi connectivity index (χ0) is 14.9. The van der Waals surface area contributed by atoms with Crippen LogP contribution in [0, 0.1) is 24.4 Å². The smallest absolute Gasteiger partial charge is 0.162 e. The van der Waals surface area contributed by atoms with Crippen molar-refractivity contribution in [3.63, 3.8) is 0 Å². The lowest BCUT2D eigenvalue weighted by Gasteiger charge is -2.14. The van der Waals surface area contributed by atoms with Crippen molar-refractivity contribution in [1.29, 1.82) is 0 Å². The molecule has 1 unspecified atom stereocenters. The highest BCUT2D eigenvalue weighted by Gasteiger charge is 2.17. The molecule has 0 fully saturated rings. The van der Waals surface area contributed by atoms with Gasteiger partial charge in [-0.3, -0.25) is 0 Å². The highest BCUT2D eigenvalue weighted by molar-refractivity contribution is 6.31. The number of rotatable bonds is 3. The number of hydrogen-bond donors (Lipinski definition) is 1. The molecule has 2 aromatic carbocycles. The summed E-state index contributed by atoms with van der Waals surface area (Å²) >= 11 is 5.87. The van der Waals surface area contributed by atoms with Gasteiger partial charge in [0.15, 0.2) is 11.6 Å². The minimum absolute atomic E-state index is 0.0375. The molecule has 0 radical (unpaired) electrons. The topological polar surface area (TPSA) is 20.2 Å². The minimum Gasteiger partial charge on any atom is -0.388 e. The highest BCUT2D eigenvalue weighted by Crippen LogP contribution is 2.29. The number of benzene rings is 2. The fourth-order valence-electron chi connectivity index (χ4n) is 1.96. The van der Waals surface area contributed by atoms with E-state index in [-0.39, 0.29) is 22.6 Å². The molecule has 0 spiro atoms. The van der Waals surface area contributed by atoms with E-state index < -0.39 is 23.6 Å². The number of aryl methyl sites for hydroxylation is 1. The lowest BCUT2D eigenvalue weighted by Crippen LogP contribution is -2.06. The van der Waals surface area contributed by atoms with Gasteiger partial charge in [-0.15, -0.1) is 0 Å². The van der Waals surface area contributed by atoms with Gasteiger partial charge in [0.25, 0.3) is 0 Å². The van der Waals surface area contributed by atoms with Crippen LogP contribution in [0.1, 0.15) is 22.8 Å². The molecule has 2 aromatic rings. The molecule has 20 heavy (non-hydrogen) atoms. The maximum absolute atomic E-state index is 13.5. The van der Waals surface area contributed by atoms with E-state index in [2.05, 4.69) is 0 Å². The van der Waals surface area contributed by atoms with Gasteiger partial charge in [0.2, 0.25) is 0 Å². The van der Waals surface area contributed by atoms with E-state index in [1.54, 1.807) is 0 Å². The lowest BCUT2D eigenvalue weighted by atomic mass is 9.99. The van der Waals surface area contributed by atoms with Crippen molar-refractivity contribution >= 4 is 11.6 Å². The first-order valence-electron chi connectivity index (χ1n) is 5.96. The Morgan fingerprint density at radius 3 is 2.55 bits per heavy atom. The van der Waals surface area contributed by atoms with Crippen LogP contribution in [0.4, 0.5) is 13.2 Å². The molecule has 0 heterocycles. The lowest BCUT2D eigenvalue weighted by molar-refractivity contribution is 0.176. The Bertz CT molecular complexity index is 643. The Balaban J connectivity index is 2.31. The van der Waals surface area contributed by atoms with E-state index in [1.807, 2.05) is 0 Å². The summed E-state index contributed by atoms with van der Waals surface area (Å²) in [5.41, 5.74) is 0.646. The third-order valence-electron chi connectivity index (χ3n) is 3.08. The first kappa shape index (κ1) is 14.9. The van der Waals surface area contributed by atoms with E-state index in [1.165, 1.54) is 25.1 Å². The fourth-order valence-corrected chi connectivity index (χ4v) is 2.24. The Morgan fingerprint density at radius 1 is 1.15 bits per heavy atom. The van der Waals surface area contributed by atoms with Crippen LogP contribution in [-0.2, 0) is 6.42 Å². The largest absolute Gasteiger partial charge is 0.388 e. The number of aliphatic hydroxyl groups is 1. The zero-order valence-electron chi connectivity index (χ0n) is 10.6. The minimum atomic E-state index is -1.14. The van der Waals surface area contributed by atoms with Gasteiger partial charge >= 0.3 is 0 Å². The normalized spacial score (nSPS) is 12.5. The Morgan fingerprint density at radius 2 is 1.85 bits per heavy atom. The maximum atomic E-state index is 13.5. The van der Waals surface area contributed by atoms with Crippen molar-refractivity contribution < 1.29 is 18.3 Å². The van der Waals surface area contributed by atoms with Gasteiger partial charge < -0.3 is 5.11 Å². The van der Waals surface area contributed by atoms with Crippen molar-refractivity contribution in [1.82, 2.24) is 0 Å². The van der Waals surface area contributed by atoms with Crippen LogP contribution in [-0.4, -0.2) is 5.11 Å². The fraction of sp³-hybridized carbons (Fsp3) is 0.200. The van der Waals surface area contributed by atoms with E-state index in [0.717, 1.165) is 12.1 Å². The van der Waals surface area contributed by atoms with Gasteiger partial charge in [0.05, 0.1) is 6.10 Å². The van der Waals surface area contributed by atoms with Crippen molar-refractivity contribution in [2.45, 2.75) is 19.4 Å². The molecule has 0 amide bonds. The van der Waals surface area contributed by atoms with Crippen LogP contribution < -0.4 is 0 Å². The predicted octanol–water partition coefficient (Wildman–Crippen LogP) is 4.34. The molecular weight excluding hydrogens is 289 g/mol. The molecule has 5 heteroatoms. The molecule has 0 aliphatic carbocycles. The SMILES string of the molecule is Cc1cc(C(O)Cc2cccc(F)c2F)c(Cl)cc1F. The van der Waals surface area contributed by atoms with E-state index in [9.17, 15) is 18.3 Å². The second kappa shape index (κ2) is 5.85. The standard InChI is InChI=1S/C15H12ClF3O/c1-8-5-10(11(16)7-13(8)18)14(20)6-9-3-2-4-12(17)15(9)19/h2-5,7,14,20H,6H2,1H3. The second-order valence-corrected chi connectivity index (χ2v) is 4.96. The summed E-state index contributed by atoms with van der Waals surface area (Å²) in [4.78, 5) is 0. The van der Waals surface area contributed by atoms with Crippen LogP contribution in [0.15, 0.2) is 30.3 Å². The third-order valence-corrected chi connectivity index (χ3v) is 3.41. The highest BCUT2D eigenvalue weighted by atomic mass is 35.5. The summed E-state index contributed by atoms with van der Waals surface area (Å²) in [6, 6.07) is 6.24. The Kier molecular flexibility index (Phi) is 4.35. The zero-order valence-corrected chi connectivity index (χ0v) is 11.4. The quantitative estimate of drug-likeness (QED) is 0.894. The third kappa shape index (κ3) is 2.97.